The molecule has 1 aromatic carbocycles. The van der Waals surface area contributed by atoms with Crippen molar-refractivity contribution >= 4 is 5.95 Å². The van der Waals surface area contributed by atoms with Gasteiger partial charge >= 0.3 is 0 Å². The van der Waals surface area contributed by atoms with Gasteiger partial charge in [-0.05, 0) is 31.2 Å². The molecule has 0 aliphatic carbocycles. The van der Waals surface area contributed by atoms with Gasteiger partial charge in [-0.1, -0.05) is 30.3 Å². The minimum atomic E-state index is -0.146. The molecule has 0 radical (unpaired) electrons. The molecule has 22 heavy (non-hydrogen) atoms. The average Bonchev–Trinajstić information content (AvgIpc) is 3.11. The third-order valence-electron chi connectivity index (χ3n) is 4.17. The Morgan fingerprint density at radius 1 is 1.09 bits per heavy atom. The first-order valence-corrected chi connectivity index (χ1v) is 7.87. The highest BCUT2D eigenvalue weighted by molar-refractivity contribution is 5.32. The molecule has 112 valence electrons. The van der Waals surface area contributed by atoms with E-state index >= 15 is 0 Å². The summed E-state index contributed by atoms with van der Waals surface area (Å²) in [6.07, 6.45) is 7.75. The molecular weight excluding hydrogens is 272 g/mol. The Bertz CT molecular complexity index is 624. The molecular formula is C18H20N4. The molecule has 1 aliphatic heterocycles. The number of aryl methyl sites for hydroxylation is 1. The summed E-state index contributed by atoms with van der Waals surface area (Å²) < 4.78 is 0. The lowest BCUT2D eigenvalue weighted by Crippen LogP contribution is -2.20. The fourth-order valence-corrected chi connectivity index (χ4v) is 2.85. The van der Waals surface area contributed by atoms with Gasteiger partial charge in [0.25, 0.3) is 0 Å². The molecule has 0 spiro atoms. The number of nitriles is 1. The maximum Gasteiger partial charge on any atom is 0.225 e. The van der Waals surface area contributed by atoms with Crippen LogP contribution in [-0.4, -0.2) is 23.1 Å². The number of hydrogen-bond donors (Lipinski definition) is 0. The first-order chi connectivity index (χ1) is 10.9. The minimum Gasteiger partial charge on any atom is -0.341 e. The second-order valence-electron chi connectivity index (χ2n) is 5.72. The average molecular weight is 292 g/mol. The third-order valence-corrected chi connectivity index (χ3v) is 4.17. The van der Waals surface area contributed by atoms with E-state index in [0.29, 0.717) is 0 Å². The zero-order chi connectivity index (χ0) is 15.2. The largest absolute Gasteiger partial charge is 0.341 e. The lowest BCUT2D eigenvalue weighted by atomic mass is 9.96. The highest BCUT2D eigenvalue weighted by Gasteiger charge is 2.16. The highest BCUT2D eigenvalue weighted by atomic mass is 15.3. The molecule has 0 amide bonds. The SMILES string of the molecule is N#C[C@@H](CCc1ccccc1)c1cnc(N2CCCC2)nc1. The summed E-state index contributed by atoms with van der Waals surface area (Å²) in [6, 6.07) is 12.7. The van der Waals surface area contributed by atoms with Crippen LogP contribution in [0.2, 0.25) is 0 Å². The lowest BCUT2D eigenvalue weighted by Gasteiger charge is -2.15. The molecule has 2 aromatic rings. The summed E-state index contributed by atoms with van der Waals surface area (Å²) in [5.74, 6) is 0.647. The topological polar surface area (TPSA) is 52.8 Å². The van der Waals surface area contributed by atoms with Crippen LogP contribution in [0, 0.1) is 11.3 Å². The van der Waals surface area contributed by atoms with Crippen molar-refractivity contribution in [2.24, 2.45) is 0 Å². The van der Waals surface area contributed by atoms with Gasteiger partial charge < -0.3 is 4.90 Å². The van der Waals surface area contributed by atoms with E-state index in [1.165, 1.54) is 18.4 Å². The van der Waals surface area contributed by atoms with Gasteiger partial charge in [0.2, 0.25) is 5.95 Å². The van der Waals surface area contributed by atoms with Crippen LogP contribution in [0.5, 0.6) is 0 Å². The van der Waals surface area contributed by atoms with Gasteiger partial charge in [0, 0.05) is 31.0 Å². The number of anilines is 1. The summed E-state index contributed by atoms with van der Waals surface area (Å²) in [5.41, 5.74) is 2.18. The van der Waals surface area contributed by atoms with Crippen LogP contribution >= 0.6 is 0 Å². The Morgan fingerprint density at radius 3 is 2.41 bits per heavy atom. The van der Waals surface area contributed by atoms with E-state index < -0.39 is 0 Å². The molecule has 1 atom stereocenters. The fraction of sp³-hybridized carbons (Fsp3) is 0.389. The maximum atomic E-state index is 9.42. The van der Waals surface area contributed by atoms with Crippen molar-refractivity contribution < 1.29 is 0 Å². The number of benzene rings is 1. The van der Waals surface area contributed by atoms with E-state index in [9.17, 15) is 5.26 Å². The van der Waals surface area contributed by atoms with Crippen molar-refractivity contribution in [3.63, 3.8) is 0 Å². The molecule has 0 unspecified atom stereocenters. The molecule has 0 N–H and O–H groups in total. The highest BCUT2D eigenvalue weighted by Crippen LogP contribution is 2.22. The van der Waals surface area contributed by atoms with Gasteiger partial charge in [0.1, 0.15) is 0 Å². The molecule has 1 saturated heterocycles. The van der Waals surface area contributed by atoms with Crippen LogP contribution in [-0.2, 0) is 6.42 Å². The Kier molecular flexibility index (Phi) is 4.65. The zero-order valence-corrected chi connectivity index (χ0v) is 12.7. The quantitative estimate of drug-likeness (QED) is 0.848. The summed E-state index contributed by atoms with van der Waals surface area (Å²) in [7, 11) is 0. The van der Waals surface area contributed by atoms with Gasteiger partial charge in [-0.25, -0.2) is 9.97 Å². The second-order valence-corrected chi connectivity index (χ2v) is 5.72. The summed E-state index contributed by atoms with van der Waals surface area (Å²) in [6.45, 7) is 2.07. The molecule has 1 aliphatic rings. The van der Waals surface area contributed by atoms with Crippen molar-refractivity contribution in [2.75, 3.05) is 18.0 Å². The second kappa shape index (κ2) is 7.04. The standard InChI is InChI=1S/C18H20N4/c19-12-16(9-8-15-6-2-1-3-7-15)17-13-20-18(21-14-17)22-10-4-5-11-22/h1-3,6-7,13-14,16H,4-5,8-11H2/t16-/m1/s1. The van der Waals surface area contributed by atoms with E-state index in [-0.39, 0.29) is 5.92 Å². The van der Waals surface area contributed by atoms with Crippen LogP contribution in [0.4, 0.5) is 5.95 Å². The van der Waals surface area contributed by atoms with E-state index in [1.54, 1.807) is 0 Å². The smallest absolute Gasteiger partial charge is 0.225 e. The fourth-order valence-electron chi connectivity index (χ4n) is 2.85. The zero-order valence-electron chi connectivity index (χ0n) is 12.7. The van der Waals surface area contributed by atoms with Crippen LogP contribution in [0.25, 0.3) is 0 Å². The van der Waals surface area contributed by atoms with Gasteiger partial charge in [-0.2, -0.15) is 5.26 Å². The number of hydrogen-bond acceptors (Lipinski definition) is 4. The van der Waals surface area contributed by atoms with Gasteiger partial charge in [0.15, 0.2) is 0 Å². The van der Waals surface area contributed by atoms with Crippen molar-refractivity contribution in [3.05, 3.63) is 53.9 Å². The van der Waals surface area contributed by atoms with Crippen LogP contribution < -0.4 is 4.90 Å². The number of nitrogens with zero attached hydrogens (tertiary/aromatic N) is 4. The molecule has 3 rings (SSSR count). The predicted octanol–water partition coefficient (Wildman–Crippen LogP) is 3.32. The molecule has 4 nitrogen and oxygen atoms in total. The Morgan fingerprint density at radius 2 is 1.77 bits per heavy atom. The van der Waals surface area contributed by atoms with Crippen molar-refractivity contribution in [1.29, 1.82) is 5.26 Å². The van der Waals surface area contributed by atoms with Gasteiger partial charge in [0.05, 0.1) is 12.0 Å². The van der Waals surface area contributed by atoms with E-state index in [2.05, 4.69) is 33.1 Å². The molecule has 1 fully saturated rings. The lowest BCUT2D eigenvalue weighted by molar-refractivity contribution is 0.736. The van der Waals surface area contributed by atoms with Crippen molar-refractivity contribution in [3.8, 4) is 6.07 Å². The molecule has 0 bridgehead atoms. The third kappa shape index (κ3) is 3.43. The Labute approximate surface area is 131 Å². The molecule has 2 heterocycles. The monoisotopic (exact) mass is 292 g/mol. The molecule has 0 saturated carbocycles. The van der Waals surface area contributed by atoms with E-state index in [4.69, 9.17) is 0 Å². The predicted molar refractivity (Wildman–Crippen MR) is 86.6 cm³/mol. The van der Waals surface area contributed by atoms with E-state index in [1.807, 2.05) is 30.6 Å². The van der Waals surface area contributed by atoms with E-state index in [0.717, 1.165) is 37.4 Å². The maximum absolute atomic E-state index is 9.42. The number of rotatable bonds is 5. The summed E-state index contributed by atoms with van der Waals surface area (Å²) in [4.78, 5) is 11.1. The minimum absolute atomic E-state index is 0.146. The molecule has 4 heteroatoms. The normalized spacial score (nSPS) is 15.5. The summed E-state index contributed by atoms with van der Waals surface area (Å²) >= 11 is 0. The van der Waals surface area contributed by atoms with Crippen molar-refractivity contribution in [1.82, 2.24) is 9.97 Å². The first-order valence-electron chi connectivity index (χ1n) is 7.87. The van der Waals surface area contributed by atoms with Gasteiger partial charge in [-0.15, -0.1) is 0 Å². The van der Waals surface area contributed by atoms with Crippen LogP contribution in [0.15, 0.2) is 42.7 Å². The Hall–Kier alpha value is -2.41. The molecule has 1 aromatic heterocycles. The van der Waals surface area contributed by atoms with Crippen LogP contribution in [0.3, 0.4) is 0 Å². The summed E-state index contributed by atoms with van der Waals surface area (Å²) in [5, 5.41) is 9.42. The number of aromatic nitrogens is 2. The first kappa shape index (κ1) is 14.5. The van der Waals surface area contributed by atoms with Crippen LogP contribution in [0.1, 0.15) is 36.3 Å². The Balaban J connectivity index is 1.64. The van der Waals surface area contributed by atoms with Gasteiger partial charge in [-0.3, -0.25) is 0 Å². The van der Waals surface area contributed by atoms with Crippen molar-refractivity contribution in [2.45, 2.75) is 31.6 Å².